The molecule has 0 amide bonds. The third-order valence-corrected chi connectivity index (χ3v) is 2.77. The topological polar surface area (TPSA) is 70.8 Å². The van der Waals surface area contributed by atoms with Gasteiger partial charge in [0.05, 0.1) is 18.1 Å². The first kappa shape index (κ1) is 15.6. The van der Waals surface area contributed by atoms with Gasteiger partial charge < -0.3 is 14.2 Å². The molecule has 0 spiro atoms. The van der Waals surface area contributed by atoms with Gasteiger partial charge in [-0.2, -0.15) is 0 Å². The number of halogens is 1. The van der Waals surface area contributed by atoms with Crippen molar-refractivity contribution >= 4 is 5.69 Å². The predicted octanol–water partition coefficient (Wildman–Crippen LogP) is 3.20. The highest BCUT2D eigenvalue weighted by Gasteiger charge is 2.16. The summed E-state index contributed by atoms with van der Waals surface area (Å²) in [6.07, 6.45) is 0. The van der Waals surface area contributed by atoms with Gasteiger partial charge >= 0.3 is 5.69 Å². The van der Waals surface area contributed by atoms with Gasteiger partial charge in [-0.25, -0.2) is 4.39 Å². The third-order valence-electron chi connectivity index (χ3n) is 2.77. The zero-order valence-corrected chi connectivity index (χ0v) is 11.8. The average Bonchev–Trinajstić information content (AvgIpc) is 2.51. The van der Waals surface area contributed by atoms with E-state index in [4.69, 9.17) is 14.2 Å². The molecule has 0 aromatic heterocycles. The minimum absolute atomic E-state index is 0.0870. The van der Waals surface area contributed by atoms with Gasteiger partial charge in [0.1, 0.15) is 30.5 Å². The van der Waals surface area contributed by atoms with Crippen LogP contribution in [0, 0.1) is 15.9 Å². The van der Waals surface area contributed by atoms with Gasteiger partial charge in [0.2, 0.25) is 0 Å². The Morgan fingerprint density at radius 2 is 1.86 bits per heavy atom. The van der Waals surface area contributed by atoms with E-state index < -0.39 is 10.7 Å². The van der Waals surface area contributed by atoms with E-state index >= 15 is 0 Å². The van der Waals surface area contributed by atoms with Crippen LogP contribution in [0.3, 0.4) is 0 Å². The second-order valence-corrected chi connectivity index (χ2v) is 4.25. The van der Waals surface area contributed by atoms with E-state index in [0.717, 1.165) is 0 Å². The minimum Gasteiger partial charge on any atom is -0.496 e. The summed E-state index contributed by atoms with van der Waals surface area (Å²) in [5, 5.41) is 11.0. The van der Waals surface area contributed by atoms with Crippen LogP contribution >= 0.6 is 0 Å². The lowest BCUT2D eigenvalue weighted by Gasteiger charge is -2.09. The number of nitro benzene ring substituents is 1. The van der Waals surface area contributed by atoms with Gasteiger partial charge in [-0.15, -0.1) is 0 Å². The SMILES string of the molecule is COc1ccc(OCCOc2cccc(F)c2)c([N+](=O)[O-])c1. The smallest absolute Gasteiger partial charge is 0.314 e. The molecule has 116 valence electrons. The van der Waals surface area contributed by atoms with E-state index in [1.54, 1.807) is 12.1 Å². The summed E-state index contributed by atoms with van der Waals surface area (Å²) in [6.45, 7) is 0.219. The summed E-state index contributed by atoms with van der Waals surface area (Å²) in [7, 11) is 1.42. The second kappa shape index (κ2) is 7.26. The quantitative estimate of drug-likeness (QED) is 0.446. The maximum atomic E-state index is 13.0. The van der Waals surface area contributed by atoms with E-state index in [-0.39, 0.29) is 24.7 Å². The van der Waals surface area contributed by atoms with Crippen molar-refractivity contribution in [3.05, 3.63) is 58.4 Å². The van der Waals surface area contributed by atoms with E-state index in [9.17, 15) is 14.5 Å². The molecule has 0 saturated heterocycles. The molecule has 0 unspecified atom stereocenters. The highest BCUT2D eigenvalue weighted by molar-refractivity contribution is 5.50. The van der Waals surface area contributed by atoms with Gasteiger partial charge in [0.15, 0.2) is 5.75 Å². The van der Waals surface area contributed by atoms with Crippen molar-refractivity contribution in [2.45, 2.75) is 0 Å². The first-order chi connectivity index (χ1) is 10.6. The van der Waals surface area contributed by atoms with Crippen molar-refractivity contribution in [2.75, 3.05) is 20.3 Å². The standard InChI is InChI=1S/C15H14FNO5/c1-20-12-5-6-15(14(10-12)17(18)19)22-8-7-21-13-4-2-3-11(16)9-13/h2-6,9-10H,7-8H2,1H3. The highest BCUT2D eigenvalue weighted by Crippen LogP contribution is 2.30. The summed E-state index contributed by atoms with van der Waals surface area (Å²) in [5.74, 6) is 0.459. The summed E-state index contributed by atoms with van der Waals surface area (Å²) in [6, 6.07) is 10.00. The number of benzene rings is 2. The Balaban J connectivity index is 1.93. The molecule has 2 aromatic carbocycles. The largest absolute Gasteiger partial charge is 0.496 e. The minimum atomic E-state index is -0.550. The third kappa shape index (κ3) is 4.08. The van der Waals surface area contributed by atoms with Gasteiger partial charge in [-0.3, -0.25) is 10.1 Å². The van der Waals surface area contributed by atoms with E-state index in [0.29, 0.717) is 11.5 Å². The Morgan fingerprint density at radius 3 is 2.55 bits per heavy atom. The number of nitrogens with zero attached hydrogens (tertiary/aromatic N) is 1. The van der Waals surface area contributed by atoms with Crippen LogP contribution in [0.25, 0.3) is 0 Å². The normalized spacial score (nSPS) is 10.1. The van der Waals surface area contributed by atoms with Crippen LogP contribution in [-0.2, 0) is 0 Å². The fourth-order valence-electron chi connectivity index (χ4n) is 1.76. The van der Waals surface area contributed by atoms with Gasteiger partial charge in [0.25, 0.3) is 0 Å². The second-order valence-electron chi connectivity index (χ2n) is 4.25. The number of methoxy groups -OCH3 is 1. The summed E-state index contributed by atoms with van der Waals surface area (Å²) in [4.78, 5) is 10.4. The van der Waals surface area contributed by atoms with Crippen LogP contribution in [0.2, 0.25) is 0 Å². The molecular formula is C15H14FNO5. The molecule has 0 aliphatic heterocycles. The van der Waals surface area contributed by atoms with Crippen LogP contribution in [0.4, 0.5) is 10.1 Å². The summed E-state index contributed by atoms with van der Waals surface area (Å²) < 4.78 is 28.5. The monoisotopic (exact) mass is 307 g/mol. The van der Waals surface area contributed by atoms with E-state index in [1.807, 2.05) is 0 Å². The Labute approximate surface area is 126 Å². The van der Waals surface area contributed by atoms with Crippen molar-refractivity contribution in [2.24, 2.45) is 0 Å². The van der Waals surface area contributed by atoms with Crippen LogP contribution in [0.1, 0.15) is 0 Å². The molecule has 22 heavy (non-hydrogen) atoms. The van der Waals surface area contributed by atoms with Crippen molar-refractivity contribution in [1.82, 2.24) is 0 Å². The molecular weight excluding hydrogens is 293 g/mol. The van der Waals surface area contributed by atoms with Gasteiger partial charge in [-0.1, -0.05) is 6.07 Å². The van der Waals surface area contributed by atoms with Gasteiger partial charge in [0, 0.05) is 6.07 Å². The lowest BCUT2D eigenvalue weighted by atomic mass is 10.3. The van der Waals surface area contributed by atoms with E-state index in [1.165, 1.54) is 37.4 Å². The van der Waals surface area contributed by atoms with Crippen molar-refractivity contribution in [1.29, 1.82) is 0 Å². The molecule has 0 heterocycles. The van der Waals surface area contributed by atoms with Crippen LogP contribution < -0.4 is 14.2 Å². The fourth-order valence-corrected chi connectivity index (χ4v) is 1.76. The predicted molar refractivity (Wildman–Crippen MR) is 77.0 cm³/mol. The summed E-state index contributed by atoms with van der Waals surface area (Å²) >= 11 is 0. The Bertz CT molecular complexity index is 662. The van der Waals surface area contributed by atoms with Crippen molar-refractivity contribution in [3.8, 4) is 17.2 Å². The lowest BCUT2D eigenvalue weighted by molar-refractivity contribution is -0.385. The number of ether oxygens (including phenoxy) is 3. The first-order valence-electron chi connectivity index (χ1n) is 6.44. The summed E-state index contributed by atoms with van der Waals surface area (Å²) in [5.41, 5.74) is -0.190. The molecule has 0 saturated carbocycles. The number of hydrogen-bond donors (Lipinski definition) is 0. The maximum Gasteiger partial charge on any atom is 0.314 e. The molecule has 0 atom stereocenters. The maximum absolute atomic E-state index is 13.0. The zero-order chi connectivity index (χ0) is 15.9. The van der Waals surface area contributed by atoms with Crippen LogP contribution in [0.15, 0.2) is 42.5 Å². The lowest BCUT2D eigenvalue weighted by Crippen LogP contribution is -2.10. The molecule has 2 aromatic rings. The van der Waals surface area contributed by atoms with E-state index in [2.05, 4.69) is 0 Å². The van der Waals surface area contributed by atoms with Crippen LogP contribution in [-0.4, -0.2) is 25.2 Å². The van der Waals surface area contributed by atoms with Crippen molar-refractivity contribution < 1.29 is 23.5 Å². The molecule has 7 heteroatoms. The molecule has 0 radical (unpaired) electrons. The average molecular weight is 307 g/mol. The Morgan fingerprint density at radius 1 is 1.09 bits per heavy atom. The molecule has 2 rings (SSSR count). The zero-order valence-electron chi connectivity index (χ0n) is 11.8. The molecule has 0 N–H and O–H groups in total. The molecule has 6 nitrogen and oxygen atoms in total. The molecule has 0 aliphatic carbocycles. The van der Waals surface area contributed by atoms with Crippen molar-refractivity contribution in [3.63, 3.8) is 0 Å². The number of nitro groups is 1. The molecule has 0 bridgehead atoms. The van der Waals surface area contributed by atoms with Gasteiger partial charge in [-0.05, 0) is 24.3 Å². The van der Waals surface area contributed by atoms with Crippen LogP contribution in [0.5, 0.6) is 17.2 Å². The first-order valence-corrected chi connectivity index (χ1v) is 6.44. The number of rotatable bonds is 7. The fraction of sp³-hybridized carbons (Fsp3) is 0.200. The highest BCUT2D eigenvalue weighted by atomic mass is 19.1. The Kier molecular flexibility index (Phi) is 5.13. The molecule has 0 aliphatic rings. The number of hydrogen-bond acceptors (Lipinski definition) is 5. The Hall–Kier alpha value is -2.83. The molecule has 0 fully saturated rings.